The van der Waals surface area contributed by atoms with E-state index in [4.69, 9.17) is 0 Å². The van der Waals surface area contributed by atoms with Crippen molar-refractivity contribution in [1.82, 2.24) is 15.5 Å². The molecule has 0 spiro atoms. The number of hydrogen-bond acceptors (Lipinski definition) is 4. The quantitative estimate of drug-likeness (QED) is 0.556. The van der Waals surface area contributed by atoms with E-state index >= 15 is 0 Å². The highest BCUT2D eigenvalue weighted by Crippen LogP contribution is 2.16. The first kappa shape index (κ1) is 14.4. The van der Waals surface area contributed by atoms with Crippen LogP contribution in [0.5, 0.6) is 0 Å². The molecular weight excluding hydrogens is 224 g/mol. The summed E-state index contributed by atoms with van der Waals surface area (Å²) in [6, 6.07) is 0.494. The number of piperidine rings is 1. The molecule has 0 atom stereocenters. The van der Waals surface area contributed by atoms with Gasteiger partial charge in [0.05, 0.1) is 5.82 Å². The fraction of sp³-hybridized carbons (Fsp3) is 0.500. The maximum absolute atomic E-state index is 4.09. The van der Waals surface area contributed by atoms with Crippen LogP contribution >= 0.6 is 0 Å². The Labute approximate surface area is 110 Å². The lowest BCUT2D eigenvalue weighted by molar-refractivity contribution is 0.246. The van der Waals surface area contributed by atoms with Gasteiger partial charge >= 0.3 is 0 Å². The second-order valence-corrected chi connectivity index (χ2v) is 4.34. The highest BCUT2D eigenvalue weighted by atomic mass is 15.2. The third kappa shape index (κ3) is 4.28. The zero-order valence-corrected chi connectivity index (χ0v) is 11.4. The van der Waals surface area contributed by atoms with Crippen molar-refractivity contribution in [2.45, 2.75) is 25.8 Å². The van der Waals surface area contributed by atoms with Crippen LogP contribution in [0.25, 0.3) is 0 Å². The highest BCUT2D eigenvalue weighted by Gasteiger charge is 2.19. The molecule has 0 aromatic heterocycles. The number of nitrogens with one attached hydrogen (secondary N) is 2. The monoisotopic (exact) mass is 248 g/mol. The lowest BCUT2D eigenvalue weighted by Gasteiger charge is -2.34. The molecule has 1 aliphatic rings. The van der Waals surface area contributed by atoms with Crippen LogP contribution in [0.15, 0.2) is 41.4 Å². The van der Waals surface area contributed by atoms with E-state index in [0.717, 1.165) is 37.6 Å². The van der Waals surface area contributed by atoms with E-state index in [-0.39, 0.29) is 0 Å². The lowest BCUT2D eigenvalue weighted by atomic mass is 10.1. The minimum atomic E-state index is 0.494. The molecule has 0 saturated carbocycles. The van der Waals surface area contributed by atoms with Crippen LogP contribution in [0.2, 0.25) is 0 Å². The molecule has 100 valence electrons. The van der Waals surface area contributed by atoms with Gasteiger partial charge in [-0.2, -0.15) is 0 Å². The van der Waals surface area contributed by atoms with Crippen molar-refractivity contribution >= 4 is 6.72 Å². The summed E-state index contributed by atoms with van der Waals surface area (Å²) in [5.41, 5.74) is 0. The molecule has 4 heteroatoms. The van der Waals surface area contributed by atoms with Crippen LogP contribution in [0.3, 0.4) is 0 Å². The Morgan fingerprint density at radius 2 is 2.06 bits per heavy atom. The van der Waals surface area contributed by atoms with E-state index in [2.05, 4.69) is 33.8 Å². The molecule has 2 N–H and O–H groups in total. The molecule has 0 unspecified atom stereocenters. The summed E-state index contributed by atoms with van der Waals surface area (Å²) >= 11 is 0. The van der Waals surface area contributed by atoms with E-state index in [1.807, 2.05) is 32.2 Å². The third-order valence-electron chi connectivity index (χ3n) is 3.10. The van der Waals surface area contributed by atoms with Gasteiger partial charge < -0.3 is 15.5 Å². The van der Waals surface area contributed by atoms with Crippen LogP contribution in [0.1, 0.15) is 19.8 Å². The van der Waals surface area contributed by atoms with E-state index in [9.17, 15) is 0 Å². The molecule has 4 nitrogen and oxygen atoms in total. The number of hydrogen-bond donors (Lipinski definition) is 2. The summed E-state index contributed by atoms with van der Waals surface area (Å²) in [6.45, 7) is 11.5. The average Bonchev–Trinajstić information content (AvgIpc) is 2.41. The summed E-state index contributed by atoms with van der Waals surface area (Å²) in [6.07, 6.45) is 8.17. The molecule has 0 aliphatic carbocycles. The van der Waals surface area contributed by atoms with Crippen molar-refractivity contribution in [2.24, 2.45) is 4.99 Å². The molecule has 1 heterocycles. The molecule has 0 aromatic carbocycles. The van der Waals surface area contributed by atoms with Gasteiger partial charge in [0.25, 0.3) is 0 Å². The molecule has 0 amide bonds. The van der Waals surface area contributed by atoms with E-state index in [1.165, 1.54) is 0 Å². The van der Waals surface area contributed by atoms with Gasteiger partial charge in [-0.05, 0) is 32.6 Å². The molecule has 1 rings (SSSR count). The van der Waals surface area contributed by atoms with Crippen molar-refractivity contribution in [3.63, 3.8) is 0 Å². The Balaban J connectivity index is 2.47. The first-order valence-corrected chi connectivity index (χ1v) is 6.39. The summed E-state index contributed by atoms with van der Waals surface area (Å²) in [7, 11) is 1.88. The zero-order chi connectivity index (χ0) is 13.4. The van der Waals surface area contributed by atoms with Crippen LogP contribution < -0.4 is 10.6 Å². The maximum Gasteiger partial charge on any atom is 0.127 e. The number of nitrogens with zero attached hydrogens (tertiary/aromatic N) is 2. The summed E-state index contributed by atoms with van der Waals surface area (Å²) in [4.78, 5) is 6.36. The standard InChI is InChI=1S/C14H24N4/c1-5-6-7-14(16-4)18-10-8-13(9-11-18)17-12(2)15-3/h5-7,13,15,17H,2,4,8-11H2,1,3H3/b6-5-,14-7+. The van der Waals surface area contributed by atoms with Crippen molar-refractivity contribution < 1.29 is 0 Å². The van der Waals surface area contributed by atoms with Gasteiger partial charge in [0.15, 0.2) is 0 Å². The van der Waals surface area contributed by atoms with Crippen molar-refractivity contribution in [3.05, 3.63) is 36.4 Å². The fourth-order valence-electron chi connectivity index (χ4n) is 2.01. The van der Waals surface area contributed by atoms with E-state index < -0.39 is 0 Å². The minimum Gasteiger partial charge on any atom is -0.375 e. The maximum atomic E-state index is 4.09. The third-order valence-corrected chi connectivity index (χ3v) is 3.10. The normalized spacial score (nSPS) is 17.9. The second-order valence-electron chi connectivity index (χ2n) is 4.34. The van der Waals surface area contributed by atoms with Gasteiger partial charge in [0.2, 0.25) is 0 Å². The van der Waals surface area contributed by atoms with Crippen LogP contribution in [0, 0.1) is 0 Å². The zero-order valence-electron chi connectivity index (χ0n) is 11.4. The Hall–Kier alpha value is -1.71. The Morgan fingerprint density at radius 1 is 1.39 bits per heavy atom. The molecule has 1 fully saturated rings. The average molecular weight is 248 g/mol. The molecule has 1 aliphatic heterocycles. The number of aliphatic imine (C=N–C) groups is 1. The predicted molar refractivity (Wildman–Crippen MR) is 78.4 cm³/mol. The van der Waals surface area contributed by atoms with E-state index in [0.29, 0.717) is 6.04 Å². The van der Waals surface area contributed by atoms with Gasteiger partial charge in [-0.3, -0.25) is 0 Å². The molecule has 18 heavy (non-hydrogen) atoms. The SMILES string of the molecule is C=N/C(=C\C=C/C)N1CCC(NC(=C)NC)CC1. The van der Waals surface area contributed by atoms with Crippen LogP contribution in [0.4, 0.5) is 0 Å². The largest absolute Gasteiger partial charge is 0.375 e. The van der Waals surface area contributed by atoms with Gasteiger partial charge in [0.1, 0.15) is 5.82 Å². The van der Waals surface area contributed by atoms with Gasteiger partial charge in [-0.25, -0.2) is 4.99 Å². The first-order chi connectivity index (χ1) is 8.71. The smallest absolute Gasteiger partial charge is 0.127 e. The molecular formula is C14H24N4. The molecule has 1 saturated heterocycles. The molecule has 0 aromatic rings. The van der Waals surface area contributed by atoms with Gasteiger partial charge in [0, 0.05) is 26.2 Å². The summed E-state index contributed by atoms with van der Waals surface area (Å²) in [5, 5.41) is 6.39. The predicted octanol–water partition coefficient (Wildman–Crippen LogP) is 1.85. The van der Waals surface area contributed by atoms with E-state index in [1.54, 1.807) is 0 Å². The number of likely N-dealkylation sites (tertiary alicyclic amines) is 1. The number of rotatable bonds is 6. The first-order valence-electron chi connectivity index (χ1n) is 6.39. The Bertz CT molecular complexity index is 336. The Morgan fingerprint density at radius 3 is 2.56 bits per heavy atom. The summed E-state index contributed by atoms with van der Waals surface area (Å²) in [5.74, 6) is 1.85. The Kier molecular flexibility index (Phi) is 6.05. The van der Waals surface area contributed by atoms with Crippen molar-refractivity contribution in [1.29, 1.82) is 0 Å². The second kappa shape index (κ2) is 7.58. The molecule has 0 radical (unpaired) electrons. The molecule has 0 bridgehead atoms. The lowest BCUT2D eigenvalue weighted by Crippen LogP contribution is -2.42. The topological polar surface area (TPSA) is 39.7 Å². The number of allylic oxidation sites excluding steroid dienone is 3. The highest BCUT2D eigenvalue weighted by molar-refractivity contribution is 5.30. The van der Waals surface area contributed by atoms with Gasteiger partial charge in [-0.15, -0.1) is 0 Å². The van der Waals surface area contributed by atoms with Crippen LogP contribution in [-0.2, 0) is 0 Å². The minimum absolute atomic E-state index is 0.494. The summed E-state index contributed by atoms with van der Waals surface area (Å²) < 4.78 is 0. The fourth-order valence-corrected chi connectivity index (χ4v) is 2.01. The van der Waals surface area contributed by atoms with Crippen molar-refractivity contribution in [3.8, 4) is 0 Å². The van der Waals surface area contributed by atoms with Gasteiger partial charge in [-0.1, -0.05) is 18.7 Å². The van der Waals surface area contributed by atoms with Crippen molar-refractivity contribution in [2.75, 3.05) is 20.1 Å². The van der Waals surface area contributed by atoms with Crippen LogP contribution in [-0.4, -0.2) is 37.8 Å².